The SMILES string of the molecule is Cc1cc(C)c2c(Cl)c(C(C)C)c(C)nc2c1. The van der Waals surface area contributed by atoms with Crippen molar-refractivity contribution < 1.29 is 0 Å². The monoisotopic (exact) mass is 247 g/mol. The van der Waals surface area contributed by atoms with Crippen molar-refractivity contribution in [1.82, 2.24) is 4.98 Å². The first-order valence-corrected chi connectivity index (χ1v) is 6.36. The Hall–Kier alpha value is -1.08. The van der Waals surface area contributed by atoms with Gasteiger partial charge in [0.2, 0.25) is 0 Å². The summed E-state index contributed by atoms with van der Waals surface area (Å²) in [5.74, 6) is 0.403. The lowest BCUT2D eigenvalue weighted by molar-refractivity contribution is 0.848. The summed E-state index contributed by atoms with van der Waals surface area (Å²) in [5.41, 5.74) is 5.66. The third kappa shape index (κ3) is 2.04. The second kappa shape index (κ2) is 4.30. The van der Waals surface area contributed by atoms with Gasteiger partial charge in [0, 0.05) is 11.1 Å². The van der Waals surface area contributed by atoms with Crippen LogP contribution in [0.15, 0.2) is 12.1 Å². The van der Waals surface area contributed by atoms with Gasteiger partial charge in [0.15, 0.2) is 0 Å². The van der Waals surface area contributed by atoms with Gasteiger partial charge in [-0.3, -0.25) is 4.98 Å². The van der Waals surface area contributed by atoms with Gasteiger partial charge in [0.05, 0.1) is 10.5 Å². The van der Waals surface area contributed by atoms with E-state index in [9.17, 15) is 0 Å². The summed E-state index contributed by atoms with van der Waals surface area (Å²) in [5, 5.41) is 1.98. The van der Waals surface area contributed by atoms with Crippen LogP contribution >= 0.6 is 11.6 Å². The van der Waals surface area contributed by atoms with Gasteiger partial charge in [-0.25, -0.2) is 0 Å². The molecular formula is C15H18ClN. The Morgan fingerprint density at radius 1 is 1.12 bits per heavy atom. The topological polar surface area (TPSA) is 12.9 Å². The molecule has 2 aromatic rings. The molecule has 1 nitrogen and oxygen atoms in total. The van der Waals surface area contributed by atoms with E-state index in [1.165, 1.54) is 16.7 Å². The van der Waals surface area contributed by atoms with Gasteiger partial charge in [-0.1, -0.05) is 31.5 Å². The molecule has 2 heteroatoms. The highest BCUT2D eigenvalue weighted by Gasteiger charge is 2.15. The van der Waals surface area contributed by atoms with Crippen LogP contribution in [0.25, 0.3) is 10.9 Å². The van der Waals surface area contributed by atoms with E-state index in [0.717, 1.165) is 21.6 Å². The van der Waals surface area contributed by atoms with E-state index in [1.54, 1.807) is 0 Å². The van der Waals surface area contributed by atoms with E-state index in [0.29, 0.717) is 5.92 Å². The fraction of sp³-hybridized carbons (Fsp3) is 0.400. The minimum atomic E-state index is 0.403. The van der Waals surface area contributed by atoms with Gasteiger partial charge in [-0.15, -0.1) is 0 Å². The number of rotatable bonds is 1. The van der Waals surface area contributed by atoms with Crippen LogP contribution < -0.4 is 0 Å². The predicted molar refractivity (Wildman–Crippen MR) is 75.1 cm³/mol. The smallest absolute Gasteiger partial charge is 0.0725 e. The maximum atomic E-state index is 6.56. The number of hydrogen-bond acceptors (Lipinski definition) is 1. The van der Waals surface area contributed by atoms with Crippen LogP contribution in [-0.2, 0) is 0 Å². The van der Waals surface area contributed by atoms with Crippen LogP contribution in [0.5, 0.6) is 0 Å². The second-order valence-corrected chi connectivity index (χ2v) is 5.43. The molecule has 0 bridgehead atoms. The lowest BCUT2D eigenvalue weighted by Gasteiger charge is -2.15. The fourth-order valence-electron chi connectivity index (χ4n) is 2.52. The van der Waals surface area contributed by atoms with Crippen LogP contribution in [0.1, 0.15) is 42.1 Å². The zero-order valence-electron chi connectivity index (χ0n) is 11.1. The molecule has 0 aliphatic carbocycles. The summed E-state index contributed by atoms with van der Waals surface area (Å²) in [6, 6.07) is 4.26. The number of aromatic nitrogens is 1. The molecule has 0 radical (unpaired) electrons. The van der Waals surface area contributed by atoms with Gasteiger partial charge in [-0.2, -0.15) is 0 Å². The van der Waals surface area contributed by atoms with Gasteiger partial charge in [0.25, 0.3) is 0 Å². The number of nitrogens with zero attached hydrogens (tertiary/aromatic N) is 1. The molecule has 0 aliphatic rings. The van der Waals surface area contributed by atoms with Gasteiger partial charge in [0.1, 0.15) is 0 Å². The molecule has 1 aromatic heterocycles. The molecule has 1 heterocycles. The predicted octanol–water partition coefficient (Wildman–Crippen LogP) is 4.94. The second-order valence-electron chi connectivity index (χ2n) is 5.06. The van der Waals surface area contributed by atoms with Crippen LogP contribution in [0, 0.1) is 20.8 Å². The molecule has 2 rings (SSSR count). The summed E-state index contributed by atoms with van der Waals surface area (Å²) >= 11 is 6.56. The zero-order chi connectivity index (χ0) is 12.7. The molecule has 0 amide bonds. The number of halogens is 1. The lowest BCUT2D eigenvalue weighted by atomic mass is 9.97. The van der Waals surface area contributed by atoms with Crippen LogP contribution in [0.3, 0.4) is 0 Å². The lowest BCUT2D eigenvalue weighted by Crippen LogP contribution is -1.99. The van der Waals surface area contributed by atoms with Crippen molar-refractivity contribution in [1.29, 1.82) is 0 Å². The highest BCUT2D eigenvalue weighted by atomic mass is 35.5. The summed E-state index contributed by atoms with van der Waals surface area (Å²) < 4.78 is 0. The normalized spacial score (nSPS) is 11.5. The van der Waals surface area contributed by atoms with E-state index in [1.807, 2.05) is 6.92 Å². The van der Waals surface area contributed by atoms with Crippen molar-refractivity contribution in [3.8, 4) is 0 Å². The molecule has 0 N–H and O–H groups in total. The quantitative estimate of drug-likeness (QED) is 0.696. The number of aryl methyl sites for hydroxylation is 3. The van der Waals surface area contributed by atoms with E-state index < -0.39 is 0 Å². The van der Waals surface area contributed by atoms with Crippen molar-refractivity contribution in [3.05, 3.63) is 39.5 Å². The highest BCUT2D eigenvalue weighted by Crippen LogP contribution is 2.35. The average Bonchev–Trinajstić information content (AvgIpc) is 2.13. The summed E-state index contributed by atoms with van der Waals surface area (Å²) in [6.45, 7) is 10.5. The van der Waals surface area contributed by atoms with Crippen molar-refractivity contribution in [3.63, 3.8) is 0 Å². The zero-order valence-corrected chi connectivity index (χ0v) is 11.8. The van der Waals surface area contributed by atoms with Crippen LogP contribution in [-0.4, -0.2) is 4.98 Å². The van der Waals surface area contributed by atoms with E-state index in [4.69, 9.17) is 16.6 Å². The molecule has 0 atom stereocenters. The first-order valence-electron chi connectivity index (χ1n) is 5.98. The van der Waals surface area contributed by atoms with Crippen LogP contribution in [0.2, 0.25) is 5.02 Å². The molecule has 0 saturated heterocycles. The summed E-state index contributed by atoms with van der Waals surface area (Å²) in [7, 11) is 0. The standard InChI is InChI=1S/C15H18ClN/c1-8(2)13-11(5)17-12-7-9(3)6-10(4)14(12)15(13)16/h6-8H,1-5H3. The Labute approximate surface area is 108 Å². The minimum absolute atomic E-state index is 0.403. The minimum Gasteiger partial charge on any atom is -0.253 e. The largest absolute Gasteiger partial charge is 0.253 e. The Balaban J connectivity index is 2.92. The third-order valence-electron chi connectivity index (χ3n) is 3.17. The molecule has 17 heavy (non-hydrogen) atoms. The van der Waals surface area contributed by atoms with E-state index in [2.05, 4.69) is 39.8 Å². The number of fused-ring (bicyclic) bond motifs is 1. The average molecular weight is 248 g/mol. The fourth-order valence-corrected chi connectivity index (χ4v) is 3.13. The Kier molecular flexibility index (Phi) is 3.13. The number of hydrogen-bond donors (Lipinski definition) is 0. The highest BCUT2D eigenvalue weighted by molar-refractivity contribution is 6.36. The summed E-state index contributed by atoms with van der Waals surface area (Å²) in [6.07, 6.45) is 0. The number of pyridine rings is 1. The maximum Gasteiger partial charge on any atom is 0.0725 e. The Morgan fingerprint density at radius 2 is 1.76 bits per heavy atom. The molecular weight excluding hydrogens is 230 g/mol. The molecule has 90 valence electrons. The van der Waals surface area contributed by atoms with Gasteiger partial charge < -0.3 is 0 Å². The Bertz CT molecular complexity index is 585. The molecule has 0 aliphatic heterocycles. The summed E-state index contributed by atoms with van der Waals surface area (Å²) in [4.78, 5) is 4.69. The van der Waals surface area contributed by atoms with Crippen molar-refractivity contribution in [2.45, 2.75) is 40.5 Å². The van der Waals surface area contributed by atoms with Crippen molar-refractivity contribution in [2.75, 3.05) is 0 Å². The van der Waals surface area contributed by atoms with Crippen molar-refractivity contribution >= 4 is 22.5 Å². The number of benzene rings is 1. The van der Waals surface area contributed by atoms with E-state index in [-0.39, 0.29) is 0 Å². The maximum absolute atomic E-state index is 6.56. The molecule has 0 spiro atoms. The first-order chi connectivity index (χ1) is 7.91. The molecule has 0 saturated carbocycles. The molecule has 0 fully saturated rings. The van der Waals surface area contributed by atoms with Gasteiger partial charge in [-0.05, 0) is 49.4 Å². The van der Waals surface area contributed by atoms with Gasteiger partial charge >= 0.3 is 0 Å². The van der Waals surface area contributed by atoms with Crippen molar-refractivity contribution in [2.24, 2.45) is 0 Å². The molecule has 0 unspecified atom stereocenters. The van der Waals surface area contributed by atoms with Crippen LogP contribution in [0.4, 0.5) is 0 Å². The Morgan fingerprint density at radius 3 is 2.35 bits per heavy atom. The molecule has 1 aromatic carbocycles. The first kappa shape index (κ1) is 12.4. The van der Waals surface area contributed by atoms with E-state index >= 15 is 0 Å². The third-order valence-corrected chi connectivity index (χ3v) is 3.56.